The van der Waals surface area contributed by atoms with E-state index in [1.807, 2.05) is 0 Å². The smallest absolute Gasteiger partial charge is 0.338 e. The minimum Gasteiger partial charge on any atom is -0.465 e. The molecule has 2 aromatic carbocycles. The van der Waals surface area contributed by atoms with Crippen LogP contribution >= 0.6 is 0 Å². The second kappa shape index (κ2) is 11.4. The highest BCUT2D eigenvalue weighted by atomic mass is 32.2. The van der Waals surface area contributed by atoms with Gasteiger partial charge in [0.05, 0.1) is 17.1 Å². The molecule has 0 aliphatic carbocycles. The average Bonchev–Trinajstić information content (AvgIpc) is 2.76. The topological polar surface area (TPSA) is 119 Å². The molecule has 0 saturated carbocycles. The minimum atomic E-state index is -3.77. The summed E-state index contributed by atoms with van der Waals surface area (Å²) in [4.78, 5) is 38.3. The summed E-state index contributed by atoms with van der Waals surface area (Å²) in [6.07, 6.45) is 0. The molecule has 2 rings (SSSR count). The summed E-state index contributed by atoms with van der Waals surface area (Å²) in [6, 6.07) is 12.5. The van der Waals surface area contributed by atoms with Gasteiger partial charge in [0.25, 0.3) is 5.91 Å². The van der Waals surface area contributed by atoms with Gasteiger partial charge in [0.15, 0.2) is 6.61 Å². The van der Waals surface area contributed by atoms with Crippen LogP contribution in [0.1, 0.15) is 29.8 Å². The van der Waals surface area contributed by atoms with Gasteiger partial charge in [-0.15, -0.1) is 0 Å². The van der Waals surface area contributed by atoms with Crippen LogP contribution in [0.15, 0.2) is 53.4 Å². The normalized spacial score (nSPS) is 11.0. The summed E-state index contributed by atoms with van der Waals surface area (Å²) >= 11 is 0. The Morgan fingerprint density at radius 3 is 2.31 bits per heavy atom. The zero-order chi connectivity index (χ0) is 23.7. The largest absolute Gasteiger partial charge is 0.465 e. The van der Waals surface area contributed by atoms with Crippen molar-refractivity contribution in [2.45, 2.75) is 25.7 Å². The van der Waals surface area contributed by atoms with E-state index in [4.69, 9.17) is 9.47 Å². The standard InChI is InChI=1S/C22H26N2O7S/c1-4-23-32(28,29)18-12-11-16(3)19(13-18)22(27)31-15-20(25)24(14-21(26)30-5-2)17-9-7-6-8-10-17/h6-13,23H,4-5,14-15H2,1-3H3. The van der Waals surface area contributed by atoms with E-state index < -0.39 is 34.5 Å². The van der Waals surface area contributed by atoms with E-state index in [9.17, 15) is 22.8 Å². The number of nitrogens with one attached hydrogen (secondary N) is 1. The van der Waals surface area contributed by atoms with Crippen LogP contribution in [0.5, 0.6) is 0 Å². The molecule has 0 unspecified atom stereocenters. The van der Waals surface area contributed by atoms with E-state index in [1.165, 1.54) is 18.2 Å². The number of benzene rings is 2. The fraction of sp³-hybridized carbons (Fsp3) is 0.318. The fourth-order valence-corrected chi connectivity index (χ4v) is 3.88. The number of carbonyl (C=O) groups is 3. The van der Waals surface area contributed by atoms with E-state index in [0.29, 0.717) is 11.3 Å². The Bertz CT molecular complexity index is 1070. The molecule has 2 aromatic rings. The summed E-state index contributed by atoms with van der Waals surface area (Å²) < 4.78 is 36.8. The lowest BCUT2D eigenvalue weighted by Crippen LogP contribution is -2.39. The maximum Gasteiger partial charge on any atom is 0.338 e. The van der Waals surface area contributed by atoms with Crippen molar-refractivity contribution in [1.82, 2.24) is 4.72 Å². The number of ether oxygens (including phenoxy) is 2. The summed E-state index contributed by atoms with van der Waals surface area (Å²) in [5.74, 6) is -2.09. The molecule has 0 radical (unpaired) electrons. The molecule has 1 amide bonds. The first-order valence-corrected chi connectivity index (χ1v) is 11.5. The van der Waals surface area contributed by atoms with Crippen LogP contribution in [-0.4, -0.2) is 52.6 Å². The first kappa shape index (κ1) is 25.0. The Hall–Kier alpha value is -3.24. The lowest BCUT2D eigenvalue weighted by atomic mass is 10.1. The molecule has 172 valence electrons. The number of hydrogen-bond acceptors (Lipinski definition) is 7. The van der Waals surface area contributed by atoms with Gasteiger partial charge >= 0.3 is 11.9 Å². The predicted molar refractivity (Wildman–Crippen MR) is 118 cm³/mol. The van der Waals surface area contributed by atoms with Gasteiger partial charge in [-0.25, -0.2) is 17.9 Å². The number of esters is 2. The van der Waals surface area contributed by atoms with Gasteiger partial charge in [-0.05, 0) is 43.7 Å². The van der Waals surface area contributed by atoms with Crippen LogP contribution in [-0.2, 0) is 29.1 Å². The first-order valence-electron chi connectivity index (χ1n) is 9.98. The molecule has 0 heterocycles. The molecular weight excluding hydrogens is 436 g/mol. The predicted octanol–water partition coefficient (Wildman–Crippen LogP) is 2.05. The van der Waals surface area contributed by atoms with E-state index in [2.05, 4.69) is 4.72 Å². The summed E-state index contributed by atoms with van der Waals surface area (Å²) in [5, 5.41) is 0. The van der Waals surface area contributed by atoms with Crippen molar-refractivity contribution >= 4 is 33.6 Å². The van der Waals surface area contributed by atoms with Crippen molar-refractivity contribution < 1.29 is 32.3 Å². The Morgan fingerprint density at radius 2 is 1.69 bits per heavy atom. The van der Waals surface area contributed by atoms with Crippen LogP contribution in [0.25, 0.3) is 0 Å². The van der Waals surface area contributed by atoms with Crippen molar-refractivity contribution in [1.29, 1.82) is 0 Å². The molecule has 0 aliphatic rings. The van der Waals surface area contributed by atoms with Crippen LogP contribution in [0.4, 0.5) is 5.69 Å². The molecule has 0 bridgehead atoms. The number of nitrogens with zero attached hydrogens (tertiary/aromatic N) is 1. The maximum absolute atomic E-state index is 12.8. The fourth-order valence-electron chi connectivity index (χ4n) is 2.81. The summed E-state index contributed by atoms with van der Waals surface area (Å²) in [6.45, 7) is 4.29. The maximum atomic E-state index is 12.8. The third-order valence-electron chi connectivity index (χ3n) is 4.36. The SMILES string of the molecule is CCNS(=O)(=O)c1ccc(C)c(C(=O)OCC(=O)N(CC(=O)OCC)c2ccccc2)c1. The van der Waals surface area contributed by atoms with E-state index >= 15 is 0 Å². The molecule has 0 saturated heterocycles. The van der Waals surface area contributed by atoms with Crippen LogP contribution in [0, 0.1) is 6.92 Å². The Morgan fingerprint density at radius 1 is 1.00 bits per heavy atom. The number of aryl methyl sites for hydroxylation is 1. The van der Waals surface area contributed by atoms with Gasteiger partial charge in [-0.2, -0.15) is 0 Å². The Balaban J connectivity index is 2.18. The average molecular weight is 463 g/mol. The van der Waals surface area contributed by atoms with E-state index in [-0.39, 0.29) is 30.2 Å². The quantitative estimate of drug-likeness (QED) is 0.537. The van der Waals surface area contributed by atoms with Gasteiger partial charge in [-0.1, -0.05) is 31.2 Å². The zero-order valence-corrected chi connectivity index (χ0v) is 19.0. The summed E-state index contributed by atoms with van der Waals surface area (Å²) in [5.41, 5.74) is 0.953. The monoisotopic (exact) mass is 462 g/mol. The van der Waals surface area contributed by atoms with Gasteiger partial charge < -0.3 is 9.47 Å². The molecule has 32 heavy (non-hydrogen) atoms. The highest BCUT2D eigenvalue weighted by Gasteiger charge is 2.23. The molecule has 0 spiro atoms. The molecule has 0 aliphatic heterocycles. The van der Waals surface area contributed by atoms with E-state index in [1.54, 1.807) is 51.1 Å². The third-order valence-corrected chi connectivity index (χ3v) is 5.91. The second-order valence-electron chi connectivity index (χ2n) is 6.67. The van der Waals surface area contributed by atoms with Crippen molar-refractivity contribution in [2.24, 2.45) is 0 Å². The van der Waals surface area contributed by atoms with Gasteiger partial charge in [0.1, 0.15) is 6.54 Å². The first-order chi connectivity index (χ1) is 15.2. The van der Waals surface area contributed by atoms with Crippen LogP contribution < -0.4 is 9.62 Å². The number of hydrogen-bond donors (Lipinski definition) is 1. The molecule has 0 atom stereocenters. The molecule has 0 aromatic heterocycles. The Kier molecular flexibility index (Phi) is 8.91. The molecule has 10 heteroatoms. The summed E-state index contributed by atoms with van der Waals surface area (Å²) in [7, 11) is -3.77. The molecule has 0 fully saturated rings. The zero-order valence-electron chi connectivity index (χ0n) is 18.2. The minimum absolute atomic E-state index is 0.0217. The van der Waals surface area contributed by atoms with Crippen LogP contribution in [0.3, 0.4) is 0 Å². The molecule has 1 N–H and O–H groups in total. The van der Waals surface area contributed by atoms with Crippen molar-refractivity contribution in [3.05, 3.63) is 59.7 Å². The third kappa shape index (κ3) is 6.63. The molecule has 9 nitrogen and oxygen atoms in total. The van der Waals surface area contributed by atoms with Crippen molar-refractivity contribution in [3.63, 3.8) is 0 Å². The number of sulfonamides is 1. The van der Waals surface area contributed by atoms with Gasteiger partial charge in [0.2, 0.25) is 10.0 Å². The Labute approximate surface area is 187 Å². The molecular formula is C22H26N2O7S. The lowest BCUT2D eigenvalue weighted by molar-refractivity contribution is -0.142. The highest BCUT2D eigenvalue weighted by molar-refractivity contribution is 7.89. The van der Waals surface area contributed by atoms with Gasteiger partial charge in [0, 0.05) is 12.2 Å². The number of anilines is 1. The second-order valence-corrected chi connectivity index (χ2v) is 8.44. The van der Waals surface area contributed by atoms with Gasteiger partial charge in [-0.3, -0.25) is 14.5 Å². The van der Waals surface area contributed by atoms with Crippen LogP contribution in [0.2, 0.25) is 0 Å². The number of carbonyl (C=O) groups excluding carboxylic acids is 3. The van der Waals surface area contributed by atoms with Crippen molar-refractivity contribution in [3.8, 4) is 0 Å². The number of rotatable bonds is 10. The van der Waals surface area contributed by atoms with E-state index in [0.717, 1.165) is 4.90 Å². The lowest BCUT2D eigenvalue weighted by Gasteiger charge is -2.21. The van der Waals surface area contributed by atoms with Crippen molar-refractivity contribution in [2.75, 3.05) is 31.2 Å². The number of amides is 1. The highest BCUT2D eigenvalue weighted by Crippen LogP contribution is 2.18. The number of para-hydroxylation sites is 1.